The Bertz CT molecular complexity index is 520. The van der Waals surface area contributed by atoms with E-state index >= 15 is 0 Å². The molecule has 0 N–H and O–H groups in total. The van der Waals surface area contributed by atoms with E-state index in [2.05, 4.69) is 27.7 Å². The fraction of sp³-hybridized carbons (Fsp3) is 0.950. The minimum atomic E-state index is -0.893. The van der Waals surface area contributed by atoms with E-state index in [1.807, 2.05) is 13.8 Å². The predicted octanol–water partition coefficient (Wildman–Crippen LogP) is 11.3. The quantitative estimate of drug-likeness (QED) is 0.0507. The molecule has 268 valence electrons. The Morgan fingerprint density at radius 1 is 0.400 bits per heavy atom. The van der Waals surface area contributed by atoms with Crippen LogP contribution in [0.3, 0.4) is 0 Å². The number of carbonyl (C=O) groups is 2. The van der Waals surface area contributed by atoms with E-state index in [4.69, 9.17) is 0 Å². The Hall–Kier alpha value is -0.261. The first-order valence-corrected chi connectivity index (χ1v) is 24.0. The van der Waals surface area contributed by atoms with Crippen molar-refractivity contribution in [2.24, 2.45) is 11.8 Å². The molecular formula is C40H80O4Sn. The molecule has 0 fully saturated rings. The fourth-order valence-corrected chi connectivity index (χ4v) is 9.05. The third-order valence-electron chi connectivity index (χ3n) is 8.88. The van der Waals surface area contributed by atoms with Crippen molar-refractivity contribution in [2.75, 3.05) is 0 Å². The van der Waals surface area contributed by atoms with Crippen molar-refractivity contribution < 1.29 is 19.8 Å². The van der Waals surface area contributed by atoms with E-state index in [0.717, 1.165) is 38.5 Å². The molecule has 45 heavy (non-hydrogen) atoms. The molecule has 0 bridgehead atoms. The van der Waals surface area contributed by atoms with Crippen LogP contribution < -0.4 is 10.2 Å². The molecule has 2 atom stereocenters. The van der Waals surface area contributed by atoms with Crippen LogP contribution in [0.1, 0.15) is 221 Å². The Labute approximate surface area is 293 Å². The van der Waals surface area contributed by atoms with E-state index in [1.165, 1.54) is 116 Å². The second kappa shape index (κ2) is 43.7. The third-order valence-corrected chi connectivity index (χ3v) is 12.9. The molecule has 2 unspecified atom stereocenters. The molecule has 0 aliphatic carbocycles. The second-order valence-corrected chi connectivity index (χ2v) is 17.5. The molecule has 0 aromatic carbocycles. The molecule has 0 aliphatic rings. The van der Waals surface area contributed by atoms with Gasteiger partial charge in [-0.15, -0.1) is 0 Å². The van der Waals surface area contributed by atoms with Gasteiger partial charge in [0.1, 0.15) is 0 Å². The maximum absolute atomic E-state index is 10.3. The summed E-state index contributed by atoms with van der Waals surface area (Å²) in [6.45, 7) is 12.5. The molecular weight excluding hydrogens is 663 g/mol. The van der Waals surface area contributed by atoms with Crippen LogP contribution in [0.5, 0.6) is 0 Å². The van der Waals surface area contributed by atoms with Crippen molar-refractivity contribution in [3.05, 3.63) is 0 Å². The second-order valence-electron chi connectivity index (χ2n) is 13.2. The van der Waals surface area contributed by atoms with Gasteiger partial charge in [-0.2, -0.15) is 0 Å². The molecule has 0 saturated carbocycles. The van der Waals surface area contributed by atoms with Crippen LogP contribution in [0, 0.1) is 11.8 Å². The molecule has 0 saturated heterocycles. The summed E-state index contributed by atoms with van der Waals surface area (Å²) in [4.78, 5) is 20.7. The fourth-order valence-electron chi connectivity index (χ4n) is 5.48. The van der Waals surface area contributed by atoms with Gasteiger partial charge < -0.3 is 19.8 Å². The van der Waals surface area contributed by atoms with Gasteiger partial charge in [-0.25, -0.2) is 0 Å². The summed E-state index contributed by atoms with van der Waals surface area (Å²) in [5.41, 5.74) is 0. The summed E-state index contributed by atoms with van der Waals surface area (Å²) in [7, 11) is 0. The van der Waals surface area contributed by atoms with Gasteiger partial charge in [0, 0.05) is 11.9 Å². The van der Waals surface area contributed by atoms with Gasteiger partial charge in [0.15, 0.2) is 0 Å². The summed E-state index contributed by atoms with van der Waals surface area (Å²) in [6, 6.07) is 0. The molecule has 4 nitrogen and oxygen atoms in total. The molecule has 0 aromatic rings. The number of unbranched alkanes of at least 4 members (excludes halogenated alkanes) is 20. The maximum atomic E-state index is 10.3. The Morgan fingerprint density at radius 2 is 0.644 bits per heavy atom. The third kappa shape index (κ3) is 43.7. The van der Waals surface area contributed by atoms with E-state index < -0.39 is 11.9 Å². The van der Waals surface area contributed by atoms with Crippen molar-refractivity contribution in [3.8, 4) is 0 Å². The average molecular weight is 744 g/mol. The summed E-state index contributed by atoms with van der Waals surface area (Å²) >= 11 is 0.0377. The predicted molar refractivity (Wildman–Crippen MR) is 196 cm³/mol. The average Bonchev–Trinajstić information content (AvgIpc) is 3.03. The molecule has 0 amide bonds. The number of aliphatic carboxylic acids is 2. The van der Waals surface area contributed by atoms with Gasteiger partial charge in [0.25, 0.3) is 0 Å². The first-order chi connectivity index (χ1) is 21.9. The van der Waals surface area contributed by atoms with Crippen LogP contribution in [0.4, 0.5) is 0 Å². The topological polar surface area (TPSA) is 80.3 Å². The van der Waals surface area contributed by atoms with E-state index in [-0.39, 0.29) is 33.0 Å². The first-order valence-electron chi connectivity index (χ1n) is 20.0. The number of hydrogen-bond donors (Lipinski definition) is 0. The molecule has 5 heteroatoms. The molecule has 0 spiro atoms. The summed E-state index contributed by atoms with van der Waals surface area (Å²) in [5, 5.41) is 20.7. The monoisotopic (exact) mass is 745 g/mol. The van der Waals surface area contributed by atoms with Crippen LogP contribution in [-0.4, -0.2) is 33.1 Å². The van der Waals surface area contributed by atoms with Crippen LogP contribution >= 0.6 is 0 Å². The normalized spacial score (nSPS) is 11.9. The van der Waals surface area contributed by atoms with Crippen LogP contribution in [-0.2, 0) is 9.59 Å². The number of carboxylic acids is 2. The summed E-state index contributed by atoms with van der Waals surface area (Å²) in [6.07, 6.45) is 36.9. The Balaban J connectivity index is -0.000000720. The van der Waals surface area contributed by atoms with Crippen molar-refractivity contribution in [2.45, 2.75) is 230 Å². The summed E-state index contributed by atoms with van der Waals surface area (Å²) < 4.78 is 3.33. The van der Waals surface area contributed by atoms with Gasteiger partial charge in [-0.3, -0.25) is 0 Å². The van der Waals surface area contributed by atoms with Crippen molar-refractivity contribution in [1.82, 2.24) is 0 Å². The van der Waals surface area contributed by atoms with Gasteiger partial charge in [0.2, 0.25) is 0 Å². The van der Waals surface area contributed by atoms with Crippen molar-refractivity contribution in [1.29, 1.82) is 0 Å². The molecule has 0 aliphatic heterocycles. The van der Waals surface area contributed by atoms with Gasteiger partial charge >= 0.3 is 172 Å². The summed E-state index contributed by atoms with van der Waals surface area (Å²) in [5.74, 6) is -2.23. The molecule has 0 radical (unpaired) electrons. The van der Waals surface area contributed by atoms with Crippen LogP contribution in [0.25, 0.3) is 0 Å². The Morgan fingerprint density at radius 3 is 0.867 bits per heavy atom. The Kier molecular flexibility index (Phi) is 47.8. The van der Waals surface area contributed by atoms with Crippen LogP contribution in [0.15, 0.2) is 0 Å². The van der Waals surface area contributed by atoms with Crippen LogP contribution in [0.2, 0.25) is 8.87 Å². The molecule has 0 rings (SSSR count). The first kappa shape index (κ1) is 49.1. The van der Waals surface area contributed by atoms with Gasteiger partial charge in [0.05, 0.1) is 0 Å². The number of carboxylic acid groups (broad SMARTS) is 2. The molecule has 0 heterocycles. The molecule has 0 aromatic heterocycles. The van der Waals surface area contributed by atoms with Crippen molar-refractivity contribution >= 4 is 33.1 Å². The van der Waals surface area contributed by atoms with E-state index in [1.54, 1.807) is 21.7 Å². The number of rotatable bonds is 32. The zero-order valence-corrected chi connectivity index (χ0v) is 34.4. The zero-order chi connectivity index (χ0) is 34.2. The van der Waals surface area contributed by atoms with Gasteiger partial charge in [-0.1, -0.05) is 53.4 Å². The van der Waals surface area contributed by atoms with E-state index in [9.17, 15) is 19.8 Å². The van der Waals surface area contributed by atoms with Gasteiger partial charge in [-0.05, 0) is 37.5 Å². The minimum absolute atomic E-state index is 0.0377. The van der Waals surface area contributed by atoms with Crippen molar-refractivity contribution in [3.63, 3.8) is 0 Å². The SMILES string of the molecule is CCCCC(CC)C(=O)[O-].CCCCC(CC)C(=O)[O-].CCCCCCCCCCC[CH2][Sn+2][CH2]CCCCCCCCCCC. The standard InChI is InChI=1S/2C12H25.2C8H16O2.Sn/c2*1-3-5-7-9-11-12-10-8-6-4-2;2*1-3-5-6-7(4-2)8(9)10;/h2*1,3-12H2,2H3;2*7H,3-6H2,1-2H3,(H,9,10);/q;;;;+2/p-2. The number of carbonyl (C=O) groups excluding carboxylic acids is 2. The van der Waals surface area contributed by atoms with E-state index in [0.29, 0.717) is 12.8 Å². The zero-order valence-electron chi connectivity index (χ0n) is 31.5. The number of hydrogen-bond acceptors (Lipinski definition) is 4.